The quantitative estimate of drug-likeness (QED) is 0.112. The fourth-order valence-corrected chi connectivity index (χ4v) is 4.51. The van der Waals surface area contributed by atoms with E-state index in [0.29, 0.717) is 23.3 Å². The van der Waals surface area contributed by atoms with Gasteiger partial charge in [-0.25, -0.2) is 0 Å². The summed E-state index contributed by atoms with van der Waals surface area (Å²) in [6.07, 6.45) is 0. The zero-order valence-electron chi connectivity index (χ0n) is 34.0. The lowest BCUT2D eigenvalue weighted by Crippen LogP contribution is -2.69. The molecular formula is C42H52F12N2O2. The van der Waals surface area contributed by atoms with Crippen molar-refractivity contribution >= 4 is 0 Å². The molecule has 0 aliphatic carbocycles. The first-order valence-electron chi connectivity index (χ1n) is 17.5. The van der Waals surface area contributed by atoms with Gasteiger partial charge in [-0.1, -0.05) is 90.0 Å². The molecule has 0 unspecified atom stereocenters. The van der Waals surface area contributed by atoms with Crippen LogP contribution >= 0.6 is 0 Å². The minimum atomic E-state index is -7.68. The number of rotatable bonds is 11. The van der Waals surface area contributed by atoms with Gasteiger partial charge in [-0.2, -0.15) is 52.7 Å². The Bertz CT molecular complexity index is 1870. The third kappa shape index (κ3) is 11.8. The average Bonchev–Trinajstić information content (AvgIpc) is 3.11. The van der Waals surface area contributed by atoms with Gasteiger partial charge in [0.15, 0.2) is 0 Å². The Kier molecular flexibility index (Phi) is 17.9. The fourth-order valence-electron chi connectivity index (χ4n) is 4.51. The van der Waals surface area contributed by atoms with Gasteiger partial charge < -0.3 is 19.9 Å². The summed E-state index contributed by atoms with van der Waals surface area (Å²) in [6, 6.07) is 17.6. The van der Waals surface area contributed by atoms with Gasteiger partial charge in [0.25, 0.3) is 0 Å². The molecule has 4 aromatic rings. The predicted molar refractivity (Wildman–Crippen MR) is 202 cm³/mol. The third-order valence-electron chi connectivity index (χ3n) is 9.06. The molecule has 0 aliphatic heterocycles. The van der Waals surface area contributed by atoms with E-state index in [2.05, 4.69) is 56.1 Å². The van der Waals surface area contributed by atoms with Crippen LogP contribution in [0, 0.1) is 13.8 Å². The first kappa shape index (κ1) is 53.9. The topological polar surface area (TPSA) is 60.0 Å². The molecule has 0 amide bonds. The van der Waals surface area contributed by atoms with E-state index in [4.69, 9.17) is 0 Å². The number of hydrogen-bond donors (Lipinski definition) is 0. The maximum atomic E-state index is 15.1. The Balaban J connectivity index is 0.00000202. The molecule has 0 bridgehead atoms. The van der Waals surface area contributed by atoms with Crippen molar-refractivity contribution in [2.45, 2.75) is 63.2 Å². The van der Waals surface area contributed by atoms with Gasteiger partial charge in [0.1, 0.15) is 0 Å². The zero-order valence-corrected chi connectivity index (χ0v) is 34.0. The highest BCUT2D eigenvalue weighted by molar-refractivity contribution is 5.73. The molecule has 0 saturated carbocycles. The summed E-state index contributed by atoms with van der Waals surface area (Å²) in [5.74, 6) is -42.3. The predicted octanol–water partition coefficient (Wildman–Crippen LogP) is 12.1. The Morgan fingerprint density at radius 1 is 0.379 bits per heavy atom. The number of quaternary nitrogens is 2. The van der Waals surface area contributed by atoms with E-state index < -0.39 is 46.7 Å². The lowest BCUT2D eigenvalue weighted by atomic mass is 9.86. The Hall–Kier alpha value is -4.12. The van der Waals surface area contributed by atoms with Gasteiger partial charge in [0, 0.05) is 11.1 Å². The number of nitrogens with zero attached hydrogens (tertiary/aromatic N) is 2. The van der Waals surface area contributed by atoms with E-state index >= 15 is 8.78 Å². The van der Waals surface area contributed by atoms with Crippen LogP contribution in [-0.4, -0.2) is 99.0 Å². The Labute approximate surface area is 332 Å². The molecule has 0 spiro atoms. The fraction of sp³-hybridized carbons (Fsp3) is 0.429. The van der Waals surface area contributed by atoms with Crippen LogP contribution in [0.1, 0.15) is 36.1 Å². The van der Waals surface area contributed by atoms with Gasteiger partial charge in [-0.15, -0.1) is 0 Å². The standard InChI is InChI=1S/C32H22F12.2C5H14N.2H2O/c1-19-12-14-21(15-13-19)22-7-4-8-23(17-22)24-9-5-11-26(18-24)28(35,36)30(39,40)32(43,44)31(41,42)29(37,38)27(33,34)25-10-3-6-20(2)16-25;2*1-5-6(2,3)4;;/h3-18H,1-2H3;2*5H2,1-4H3;2*1H2/q;2*+1;;/p-2. The molecular weight excluding hydrogens is 792 g/mol. The summed E-state index contributed by atoms with van der Waals surface area (Å²) >= 11 is 0. The molecule has 0 fully saturated rings. The molecule has 58 heavy (non-hydrogen) atoms. The third-order valence-corrected chi connectivity index (χ3v) is 9.06. The highest BCUT2D eigenvalue weighted by Crippen LogP contribution is 2.63. The molecule has 0 aromatic heterocycles. The smallest absolute Gasteiger partial charge is 0.385 e. The van der Waals surface area contributed by atoms with Crippen molar-refractivity contribution in [2.24, 2.45) is 0 Å². The summed E-state index contributed by atoms with van der Waals surface area (Å²) in [5, 5.41) is 0. The first-order chi connectivity index (χ1) is 25.3. The highest BCUT2D eigenvalue weighted by atomic mass is 19.4. The maximum absolute atomic E-state index is 15.1. The normalized spacial score (nSPS) is 12.9. The van der Waals surface area contributed by atoms with Crippen molar-refractivity contribution < 1.29 is 72.6 Å². The van der Waals surface area contributed by atoms with Crippen LogP contribution in [0.25, 0.3) is 22.3 Å². The molecule has 0 aliphatic rings. The van der Waals surface area contributed by atoms with Crippen LogP contribution in [-0.2, 0) is 11.8 Å². The van der Waals surface area contributed by atoms with Crippen molar-refractivity contribution in [3.63, 3.8) is 0 Å². The molecule has 0 saturated heterocycles. The number of alkyl halides is 12. The lowest BCUT2D eigenvalue weighted by molar-refractivity contribution is -0.868. The SMILES string of the molecule is CC[N+](C)(C)C.CC[N+](C)(C)C.Cc1ccc(-c2cccc(-c3cccc(C(F)(F)C(F)(F)C(F)(F)C(F)(F)C(F)(F)C(F)(F)c4cccc(C)c4)c3)c2)cc1.[OH-].[OH-]. The van der Waals surface area contributed by atoms with Crippen molar-refractivity contribution in [1.82, 2.24) is 0 Å². The molecule has 4 rings (SSSR count). The van der Waals surface area contributed by atoms with E-state index in [0.717, 1.165) is 39.7 Å². The maximum Gasteiger partial charge on any atom is 0.385 e. The number of hydrogen-bond acceptors (Lipinski definition) is 2. The van der Waals surface area contributed by atoms with Crippen LogP contribution in [0.15, 0.2) is 97.1 Å². The van der Waals surface area contributed by atoms with Crippen molar-refractivity contribution in [3.8, 4) is 22.3 Å². The summed E-state index contributed by atoms with van der Waals surface area (Å²) in [4.78, 5) is 0. The van der Waals surface area contributed by atoms with Crippen LogP contribution < -0.4 is 0 Å². The molecule has 4 nitrogen and oxygen atoms in total. The Morgan fingerprint density at radius 3 is 1.05 bits per heavy atom. The second-order valence-corrected chi connectivity index (χ2v) is 15.6. The number of aryl methyl sites for hydroxylation is 2. The Morgan fingerprint density at radius 2 is 0.690 bits per heavy atom. The second kappa shape index (κ2) is 19.3. The summed E-state index contributed by atoms with van der Waals surface area (Å²) in [7, 11) is 13.1. The van der Waals surface area contributed by atoms with Gasteiger partial charge >= 0.3 is 35.5 Å². The van der Waals surface area contributed by atoms with E-state index in [-0.39, 0.29) is 45.8 Å². The van der Waals surface area contributed by atoms with Crippen LogP contribution in [0.5, 0.6) is 0 Å². The van der Waals surface area contributed by atoms with Gasteiger partial charge in [0.2, 0.25) is 0 Å². The summed E-state index contributed by atoms with van der Waals surface area (Å²) < 4.78 is 179. The molecule has 0 radical (unpaired) electrons. The monoisotopic (exact) mass is 844 g/mol. The van der Waals surface area contributed by atoms with Crippen LogP contribution in [0.2, 0.25) is 0 Å². The van der Waals surface area contributed by atoms with Gasteiger partial charge in [-0.05, 0) is 68.1 Å². The van der Waals surface area contributed by atoms with Crippen molar-refractivity contribution in [3.05, 3.63) is 119 Å². The highest BCUT2D eigenvalue weighted by Gasteiger charge is 2.90. The molecule has 4 aromatic carbocycles. The molecule has 16 heteroatoms. The zero-order chi connectivity index (χ0) is 43.3. The minimum absolute atomic E-state index is 0. The van der Waals surface area contributed by atoms with E-state index in [1.807, 2.05) is 6.92 Å². The molecule has 2 N–H and O–H groups in total. The second-order valence-electron chi connectivity index (χ2n) is 15.6. The molecule has 326 valence electrons. The van der Waals surface area contributed by atoms with E-state index in [9.17, 15) is 43.9 Å². The van der Waals surface area contributed by atoms with Crippen LogP contribution in [0.4, 0.5) is 52.7 Å². The van der Waals surface area contributed by atoms with E-state index in [1.165, 1.54) is 31.3 Å². The lowest BCUT2D eigenvalue weighted by Gasteiger charge is -2.41. The summed E-state index contributed by atoms with van der Waals surface area (Å²) in [6.45, 7) is 9.68. The minimum Gasteiger partial charge on any atom is -0.870 e. The van der Waals surface area contributed by atoms with Gasteiger partial charge in [-0.3, -0.25) is 0 Å². The van der Waals surface area contributed by atoms with Crippen LogP contribution in [0.3, 0.4) is 0 Å². The molecule has 0 atom stereocenters. The van der Waals surface area contributed by atoms with Crippen molar-refractivity contribution in [1.29, 1.82) is 0 Å². The largest absolute Gasteiger partial charge is 0.870 e. The van der Waals surface area contributed by atoms with Gasteiger partial charge in [0.05, 0.1) is 55.4 Å². The van der Waals surface area contributed by atoms with E-state index in [1.54, 1.807) is 30.3 Å². The number of halogens is 12. The average molecular weight is 845 g/mol. The molecule has 0 heterocycles. The first-order valence-corrected chi connectivity index (χ1v) is 17.5. The van der Waals surface area contributed by atoms with Crippen molar-refractivity contribution in [2.75, 3.05) is 55.4 Å². The number of benzene rings is 4. The summed E-state index contributed by atoms with van der Waals surface area (Å²) in [5.41, 5.74) is -1.99.